The molecule has 0 spiro atoms. The van der Waals surface area contributed by atoms with Crippen LogP contribution in [0.2, 0.25) is 0 Å². The highest BCUT2D eigenvalue weighted by Crippen LogP contribution is 2.18. The average molecular weight is 223 g/mol. The van der Waals surface area contributed by atoms with Gasteiger partial charge >= 0.3 is 0 Å². The minimum absolute atomic E-state index is 0.318. The van der Waals surface area contributed by atoms with Crippen LogP contribution in [-0.4, -0.2) is 33.8 Å². The Hall–Kier alpha value is -1.06. The number of benzene rings is 1. The number of phenolic OH excluding ortho intramolecular Hbond substituents is 1. The molecule has 90 valence electrons. The molecule has 0 aliphatic carbocycles. The normalized spacial score (nSPS) is 13.4. The Balaban J connectivity index is 2.72. The summed E-state index contributed by atoms with van der Waals surface area (Å²) in [5.74, 6) is 0.318. The molecule has 0 heterocycles. The second kappa shape index (κ2) is 5.87. The van der Waals surface area contributed by atoms with E-state index in [1.165, 1.54) is 0 Å². The summed E-state index contributed by atoms with van der Waals surface area (Å²) in [5, 5.41) is 19.1. The number of hydrogen-bond acceptors (Lipinski definition) is 3. The third kappa shape index (κ3) is 3.83. The largest absolute Gasteiger partial charge is 0.508 e. The van der Waals surface area contributed by atoms with E-state index in [1.54, 1.807) is 13.0 Å². The lowest BCUT2D eigenvalue weighted by molar-refractivity contribution is 0.102. The molecule has 1 aromatic rings. The smallest absolute Gasteiger partial charge is 0.120 e. The van der Waals surface area contributed by atoms with Crippen LogP contribution in [0.25, 0.3) is 0 Å². The first-order valence-corrected chi connectivity index (χ1v) is 5.69. The molecule has 0 bridgehead atoms. The Morgan fingerprint density at radius 3 is 2.31 bits per heavy atom. The van der Waals surface area contributed by atoms with Gasteiger partial charge in [-0.05, 0) is 26.8 Å². The van der Waals surface area contributed by atoms with Crippen molar-refractivity contribution in [2.24, 2.45) is 0 Å². The minimum Gasteiger partial charge on any atom is -0.508 e. The van der Waals surface area contributed by atoms with Gasteiger partial charge in [0.05, 0.1) is 6.10 Å². The van der Waals surface area contributed by atoms with Crippen LogP contribution in [0.5, 0.6) is 5.75 Å². The molecule has 1 unspecified atom stereocenters. The molecule has 16 heavy (non-hydrogen) atoms. The fourth-order valence-electron chi connectivity index (χ4n) is 1.66. The summed E-state index contributed by atoms with van der Waals surface area (Å²) < 4.78 is 0. The Morgan fingerprint density at radius 1 is 1.19 bits per heavy atom. The number of rotatable bonds is 5. The molecule has 2 N–H and O–H groups in total. The fraction of sp³-hybridized carbons (Fsp3) is 0.538. The lowest BCUT2D eigenvalue weighted by atomic mass is 10.1. The van der Waals surface area contributed by atoms with Crippen molar-refractivity contribution in [3.8, 4) is 5.75 Å². The van der Waals surface area contributed by atoms with Crippen molar-refractivity contribution in [2.75, 3.05) is 6.54 Å². The molecule has 0 aliphatic rings. The third-order valence-electron chi connectivity index (χ3n) is 2.59. The number of aliphatic hydroxyl groups excluding tert-OH is 1. The number of nitrogens with zero attached hydrogens (tertiary/aromatic N) is 1. The maximum Gasteiger partial charge on any atom is 0.120 e. The highest BCUT2D eigenvalue weighted by molar-refractivity contribution is 5.31. The van der Waals surface area contributed by atoms with Gasteiger partial charge in [0.15, 0.2) is 0 Å². The van der Waals surface area contributed by atoms with Crippen LogP contribution in [-0.2, 0) is 6.54 Å². The lowest BCUT2D eigenvalue weighted by Crippen LogP contribution is -2.36. The maximum absolute atomic E-state index is 9.69. The zero-order valence-electron chi connectivity index (χ0n) is 10.2. The Morgan fingerprint density at radius 2 is 1.81 bits per heavy atom. The summed E-state index contributed by atoms with van der Waals surface area (Å²) in [6.07, 6.45) is -0.353. The van der Waals surface area contributed by atoms with Crippen LogP contribution in [0.3, 0.4) is 0 Å². The highest BCUT2D eigenvalue weighted by atomic mass is 16.3. The van der Waals surface area contributed by atoms with E-state index in [9.17, 15) is 10.2 Å². The third-order valence-corrected chi connectivity index (χ3v) is 2.59. The Bertz CT molecular complexity index is 323. The monoisotopic (exact) mass is 223 g/mol. The van der Waals surface area contributed by atoms with Crippen LogP contribution < -0.4 is 0 Å². The molecule has 3 heteroatoms. The van der Waals surface area contributed by atoms with Crippen molar-refractivity contribution in [3.05, 3.63) is 29.8 Å². The van der Waals surface area contributed by atoms with Crippen LogP contribution in [0.15, 0.2) is 24.3 Å². The van der Waals surface area contributed by atoms with Gasteiger partial charge in [-0.1, -0.05) is 18.2 Å². The first kappa shape index (κ1) is 13.0. The number of aliphatic hydroxyl groups is 1. The predicted octanol–water partition coefficient (Wildman–Crippen LogP) is 1.98. The molecule has 0 saturated carbocycles. The van der Waals surface area contributed by atoms with Gasteiger partial charge in [0.1, 0.15) is 5.75 Å². The standard InChI is InChI=1S/C13H21NO2/c1-10(2)14(8-11(3)15)9-12-6-4-5-7-13(12)16/h4-7,10-11,15-16H,8-9H2,1-3H3. The molecule has 0 aromatic heterocycles. The molecule has 0 saturated heterocycles. The van der Waals surface area contributed by atoms with Gasteiger partial charge in [0, 0.05) is 24.7 Å². The molecule has 3 nitrogen and oxygen atoms in total. The summed E-state index contributed by atoms with van der Waals surface area (Å²) >= 11 is 0. The van der Waals surface area contributed by atoms with E-state index in [-0.39, 0.29) is 6.10 Å². The lowest BCUT2D eigenvalue weighted by Gasteiger charge is -2.27. The number of para-hydroxylation sites is 1. The predicted molar refractivity (Wildman–Crippen MR) is 65.3 cm³/mol. The summed E-state index contributed by atoms with van der Waals surface area (Å²) in [7, 11) is 0. The van der Waals surface area contributed by atoms with Gasteiger partial charge < -0.3 is 10.2 Å². The van der Waals surface area contributed by atoms with Crippen molar-refractivity contribution in [2.45, 2.75) is 39.5 Å². The first-order valence-electron chi connectivity index (χ1n) is 5.69. The number of hydrogen-bond donors (Lipinski definition) is 2. The molecule has 1 atom stereocenters. The molecule has 1 aromatic carbocycles. The number of aromatic hydroxyl groups is 1. The molecule has 0 amide bonds. The van der Waals surface area contributed by atoms with Crippen molar-refractivity contribution < 1.29 is 10.2 Å². The first-order chi connectivity index (χ1) is 7.50. The Kier molecular flexibility index (Phi) is 4.77. The van der Waals surface area contributed by atoms with E-state index in [0.29, 0.717) is 24.9 Å². The van der Waals surface area contributed by atoms with E-state index in [2.05, 4.69) is 18.7 Å². The molecule has 0 radical (unpaired) electrons. The van der Waals surface area contributed by atoms with E-state index < -0.39 is 0 Å². The van der Waals surface area contributed by atoms with Gasteiger partial charge in [-0.2, -0.15) is 0 Å². The minimum atomic E-state index is -0.353. The quantitative estimate of drug-likeness (QED) is 0.802. The van der Waals surface area contributed by atoms with Crippen LogP contribution >= 0.6 is 0 Å². The van der Waals surface area contributed by atoms with Gasteiger partial charge in [-0.3, -0.25) is 4.90 Å². The van der Waals surface area contributed by atoms with Crippen LogP contribution in [0, 0.1) is 0 Å². The van der Waals surface area contributed by atoms with Crippen LogP contribution in [0.4, 0.5) is 0 Å². The second-order valence-corrected chi connectivity index (χ2v) is 4.50. The topological polar surface area (TPSA) is 43.7 Å². The molecule has 0 aliphatic heterocycles. The summed E-state index contributed by atoms with van der Waals surface area (Å²) in [5.41, 5.74) is 0.900. The zero-order chi connectivity index (χ0) is 12.1. The summed E-state index contributed by atoms with van der Waals surface area (Å²) in [6, 6.07) is 7.67. The summed E-state index contributed by atoms with van der Waals surface area (Å²) in [6.45, 7) is 7.23. The van der Waals surface area contributed by atoms with E-state index >= 15 is 0 Å². The van der Waals surface area contributed by atoms with Gasteiger partial charge in [-0.25, -0.2) is 0 Å². The van der Waals surface area contributed by atoms with Gasteiger partial charge in [0.25, 0.3) is 0 Å². The molecule has 1 rings (SSSR count). The Labute approximate surface area is 97.3 Å². The number of phenols is 1. The maximum atomic E-state index is 9.69. The van der Waals surface area contributed by atoms with Crippen molar-refractivity contribution >= 4 is 0 Å². The highest BCUT2D eigenvalue weighted by Gasteiger charge is 2.13. The van der Waals surface area contributed by atoms with Crippen molar-refractivity contribution in [1.82, 2.24) is 4.90 Å². The average Bonchev–Trinajstić information content (AvgIpc) is 2.19. The van der Waals surface area contributed by atoms with Crippen molar-refractivity contribution in [1.29, 1.82) is 0 Å². The molecular formula is C13H21NO2. The molecular weight excluding hydrogens is 202 g/mol. The van der Waals surface area contributed by atoms with Gasteiger partial charge in [-0.15, -0.1) is 0 Å². The SMILES string of the molecule is CC(O)CN(Cc1ccccc1O)C(C)C. The van der Waals surface area contributed by atoms with Crippen LogP contribution in [0.1, 0.15) is 26.3 Å². The summed E-state index contributed by atoms with van der Waals surface area (Å²) in [4.78, 5) is 2.14. The molecule has 0 fully saturated rings. The van der Waals surface area contributed by atoms with E-state index in [1.807, 2.05) is 18.2 Å². The van der Waals surface area contributed by atoms with Crippen molar-refractivity contribution in [3.63, 3.8) is 0 Å². The van der Waals surface area contributed by atoms with E-state index in [0.717, 1.165) is 5.56 Å². The second-order valence-electron chi connectivity index (χ2n) is 4.50. The zero-order valence-corrected chi connectivity index (χ0v) is 10.2. The van der Waals surface area contributed by atoms with Gasteiger partial charge in [0.2, 0.25) is 0 Å². The van der Waals surface area contributed by atoms with E-state index in [4.69, 9.17) is 0 Å². The fourth-order valence-corrected chi connectivity index (χ4v) is 1.66.